The number of hydrogen-bond acceptors (Lipinski definition) is 6. The van der Waals surface area contributed by atoms with E-state index in [0.29, 0.717) is 11.3 Å². The predicted molar refractivity (Wildman–Crippen MR) is 89.9 cm³/mol. The second-order valence-electron chi connectivity index (χ2n) is 5.00. The van der Waals surface area contributed by atoms with Gasteiger partial charge in [0.25, 0.3) is 0 Å². The van der Waals surface area contributed by atoms with Crippen LogP contribution in [0.4, 0.5) is 4.39 Å². The molecule has 0 radical (unpaired) electrons. The summed E-state index contributed by atoms with van der Waals surface area (Å²) in [6, 6.07) is 6.11. The zero-order valence-electron chi connectivity index (χ0n) is 13.6. The Morgan fingerprint density at radius 1 is 1.36 bits per heavy atom. The number of nitrogens with one attached hydrogen (secondary N) is 2. The number of aromatic nitrogens is 2. The Balaban J connectivity index is 2.03. The summed E-state index contributed by atoms with van der Waals surface area (Å²) in [6.07, 6.45) is 0. The number of ether oxygens (including phenoxy) is 1. The predicted octanol–water partition coefficient (Wildman–Crippen LogP) is 1.41. The first-order valence-electron chi connectivity index (χ1n) is 7.24. The second kappa shape index (κ2) is 8.43. The third-order valence-electron chi connectivity index (χ3n) is 3.25. The summed E-state index contributed by atoms with van der Waals surface area (Å²) >= 11 is 0.929. The van der Waals surface area contributed by atoms with Crippen molar-refractivity contribution in [2.24, 2.45) is 0 Å². The van der Waals surface area contributed by atoms with Gasteiger partial charge in [0.05, 0.1) is 12.9 Å². The summed E-state index contributed by atoms with van der Waals surface area (Å²) in [6.45, 7) is 1.58. The number of carbonyl (C=O) groups excluding carboxylic acids is 2. The van der Waals surface area contributed by atoms with Gasteiger partial charge in [-0.15, -0.1) is 0 Å². The molecule has 0 aliphatic rings. The topological polar surface area (TPSA) is 101 Å². The summed E-state index contributed by atoms with van der Waals surface area (Å²) in [7, 11) is 1.21. The molecule has 0 spiro atoms. The van der Waals surface area contributed by atoms with E-state index < -0.39 is 17.5 Å². The molecule has 0 aliphatic carbocycles. The highest BCUT2D eigenvalue weighted by molar-refractivity contribution is 8.00. The van der Waals surface area contributed by atoms with E-state index in [-0.39, 0.29) is 28.8 Å². The Bertz CT molecular complexity index is 854. The number of H-pyrrole nitrogens is 1. The van der Waals surface area contributed by atoms with Crippen molar-refractivity contribution in [1.82, 2.24) is 15.3 Å². The maximum atomic E-state index is 13.5. The molecule has 1 aromatic carbocycles. The Kier molecular flexibility index (Phi) is 6.29. The van der Waals surface area contributed by atoms with Crippen LogP contribution in [0.5, 0.6) is 0 Å². The van der Waals surface area contributed by atoms with Crippen molar-refractivity contribution >= 4 is 23.6 Å². The molecule has 2 rings (SSSR count). The molecule has 2 N–H and O–H groups in total. The molecule has 0 unspecified atom stereocenters. The van der Waals surface area contributed by atoms with Crippen LogP contribution in [0.15, 0.2) is 34.1 Å². The number of carbonyl (C=O) groups is 2. The van der Waals surface area contributed by atoms with E-state index in [4.69, 9.17) is 0 Å². The van der Waals surface area contributed by atoms with E-state index >= 15 is 0 Å². The molecule has 25 heavy (non-hydrogen) atoms. The lowest BCUT2D eigenvalue weighted by Crippen LogP contribution is -2.26. The molecule has 0 saturated heterocycles. The minimum absolute atomic E-state index is 0.0394. The number of halogens is 1. The lowest BCUT2D eigenvalue weighted by Gasteiger charge is -2.09. The van der Waals surface area contributed by atoms with Crippen molar-refractivity contribution in [3.05, 3.63) is 57.4 Å². The number of thioether (sulfide) groups is 1. The number of rotatable bonds is 6. The zero-order valence-corrected chi connectivity index (χ0v) is 14.4. The van der Waals surface area contributed by atoms with Crippen molar-refractivity contribution < 1.29 is 18.7 Å². The van der Waals surface area contributed by atoms with Gasteiger partial charge in [0, 0.05) is 17.8 Å². The lowest BCUT2D eigenvalue weighted by molar-refractivity contribution is -0.118. The smallest absolute Gasteiger partial charge is 0.346 e. The Morgan fingerprint density at radius 3 is 2.76 bits per heavy atom. The van der Waals surface area contributed by atoms with E-state index in [9.17, 15) is 18.8 Å². The van der Waals surface area contributed by atoms with Crippen LogP contribution < -0.4 is 11.0 Å². The largest absolute Gasteiger partial charge is 0.465 e. The van der Waals surface area contributed by atoms with Crippen molar-refractivity contribution in [3.63, 3.8) is 0 Å². The molecule has 9 heteroatoms. The van der Waals surface area contributed by atoms with Gasteiger partial charge in [0.15, 0.2) is 0 Å². The Morgan fingerprint density at radius 2 is 2.08 bits per heavy atom. The van der Waals surface area contributed by atoms with Gasteiger partial charge in [-0.25, -0.2) is 14.0 Å². The molecule has 0 atom stereocenters. The number of aryl methyl sites for hydroxylation is 1. The average Bonchev–Trinajstić information content (AvgIpc) is 2.58. The third kappa shape index (κ3) is 4.90. The van der Waals surface area contributed by atoms with Gasteiger partial charge in [-0.1, -0.05) is 30.0 Å². The molecule has 1 amide bonds. The van der Waals surface area contributed by atoms with Gasteiger partial charge in [0.2, 0.25) is 5.91 Å². The fourth-order valence-electron chi connectivity index (χ4n) is 2.03. The summed E-state index contributed by atoms with van der Waals surface area (Å²) in [5.41, 5.74) is 0.149. The second-order valence-corrected chi connectivity index (χ2v) is 5.96. The van der Waals surface area contributed by atoms with Crippen molar-refractivity contribution in [2.75, 3.05) is 12.9 Å². The zero-order chi connectivity index (χ0) is 18.4. The highest BCUT2D eigenvalue weighted by Gasteiger charge is 2.19. The van der Waals surface area contributed by atoms with Crippen molar-refractivity contribution in [2.45, 2.75) is 18.5 Å². The van der Waals surface area contributed by atoms with Crippen molar-refractivity contribution in [1.29, 1.82) is 0 Å². The molecule has 0 fully saturated rings. The molecule has 1 aromatic heterocycles. The SMILES string of the molecule is COC(=O)c1c(SCC(=O)NCc2ccccc2F)nc(=O)[nH]c1C. The van der Waals surface area contributed by atoms with E-state index in [0.717, 1.165) is 11.8 Å². The fourth-order valence-corrected chi connectivity index (χ4v) is 2.92. The van der Waals surface area contributed by atoms with Crippen LogP contribution in [0.25, 0.3) is 0 Å². The van der Waals surface area contributed by atoms with Gasteiger partial charge < -0.3 is 15.0 Å². The standard InChI is InChI=1S/C16H16FN3O4S/c1-9-13(15(22)24-2)14(20-16(23)19-9)25-8-12(21)18-7-10-5-3-4-6-11(10)17/h3-6H,7-8H2,1-2H3,(H,18,21)(H,19,20,23). The fraction of sp³-hybridized carbons (Fsp3) is 0.250. The summed E-state index contributed by atoms with van der Waals surface area (Å²) in [5, 5.41) is 2.68. The highest BCUT2D eigenvalue weighted by Crippen LogP contribution is 2.21. The average molecular weight is 365 g/mol. The molecule has 1 heterocycles. The lowest BCUT2D eigenvalue weighted by atomic mass is 10.2. The van der Waals surface area contributed by atoms with Crippen LogP contribution in [0.2, 0.25) is 0 Å². The molecule has 2 aromatic rings. The number of hydrogen-bond donors (Lipinski definition) is 2. The number of methoxy groups -OCH3 is 1. The number of aromatic amines is 1. The minimum atomic E-state index is -0.657. The van der Waals surface area contributed by atoms with Crippen LogP contribution in [0, 0.1) is 12.7 Å². The van der Waals surface area contributed by atoms with Gasteiger partial charge in [0.1, 0.15) is 16.4 Å². The van der Waals surface area contributed by atoms with Gasteiger partial charge >= 0.3 is 11.7 Å². The highest BCUT2D eigenvalue weighted by atomic mass is 32.2. The number of amides is 1. The quantitative estimate of drug-likeness (QED) is 0.456. The van der Waals surface area contributed by atoms with Gasteiger partial charge in [-0.2, -0.15) is 4.98 Å². The maximum Gasteiger partial charge on any atom is 0.346 e. The molecule has 132 valence electrons. The third-order valence-corrected chi connectivity index (χ3v) is 4.23. The molecule has 7 nitrogen and oxygen atoms in total. The van der Waals surface area contributed by atoms with Crippen LogP contribution >= 0.6 is 11.8 Å². The normalized spacial score (nSPS) is 10.4. The first-order chi connectivity index (χ1) is 11.9. The first-order valence-corrected chi connectivity index (χ1v) is 8.23. The Labute approximate surface area is 147 Å². The molecule has 0 saturated carbocycles. The van der Waals surface area contributed by atoms with Crippen LogP contribution in [0.1, 0.15) is 21.6 Å². The molecule has 0 aliphatic heterocycles. The number of benzene rings is 1. The van der Waals surface area contributed by atoms with E-state index in [1.54, 1.807) is 18.2 Å². The molecule has 0 bridgehead atoms. The monoisotopic (exact) mass is 365 g/mol. The summed E-state index contributed by atoms with van der Waals surface area (Å²) in [5.74, 6) is -1.54. The van der Waals surface area contributed by atoms with Gasteiger partial charge in [-0.3, -0.25) is 4.79 Å². The summed E-state index contributed by atoms with van der Waals surface area (Å²) in [4.78, 5) is 41.4. The van der Waals surface area contributed by atoms with Gasteiger partial charge in [-0.05, 0) is 13.0 Å². The maximum absolute atomic E-state index is 13.5. The van der Waals surface area contributed by atoms with Crippen molar-refractivity contribution in [3.8, 4) is 0 Å². The molecular formula is C16H16FN3O4S. The van der Waals surface area contributed by atoms with E-state index in [1.807, 2.05) is 0 Å². The van der Waals surface area contributed by atoms with Crippen LogP contribution in [0.3, 0.4) is 0 Å². The summed E-state index contributed by atoms with van der Waals surface area (Å²) < 4.78 is 18.2. The van der Waals surface area contributed by atoms with Crippen LogP contribution in [-0.4, -0.2) is 34.7 Å². The first kappa shape index (κ1) is 18.7. The van der Waals surface area contributed by atoms with Crippen LogP contribution in [-0.2, 0) is 16.1 Å². The Hall–Kier alpha value is -2.68. The number of nitrogens with zero attached hydrogens (tertiary/aromatic N) is 1. The molecular weight excluding hydrogens is 349 g/mol. The number of esters is 1. The van der Waals surface area contributed by atoms with E-state index in [1.165, 1.54) is 20.1 Å². The van der Waals surface area contributed by atoms with E-state index in [2.05, 4.69) is 20.0 Å². The minimum Gasteiger partial charge on any atom is -0.465 e.